The fourth-order valence-corrected chi connectivity index (χ4v) is 4.25. The molecule has 8 heteroatoms. The molecule has 6 nitrogen and oxygen atoms in total. The van der Waals surface area contributed by atoms with Crippen molar-refractivity contribution in [2.75, 3.05) is 13.1 Å². The molecule has 1 aromatic carbocycles. The van der Waals surface area contributed by atoms with E-state index >= 15 is 0 Å². The van der Waals surface area contributed by atoms with Crippen molar-refractivity contribution < 1.29 is 17.6 Å². The molecule has 1 N–H and O–H groups in total. The number of halogens is 1. The van der Waals surface area contributed by atoms with Crippen molar-refractivity contribution in [2.45, 2.75) is 30.7 Å². The van der Waals surface area contributed by atoms with E-state index in [2.05, 4.69) is 9.71 Å². The molecule has 0 spiro atoms. The summed E-state index contributed by atoms with van der Waals surface area (Å²) in [5.41, 5.74) is 1.30. The molecule has 1 saturated heterocycles. The minimum atomic E-state index is -3.84. The lowest BCUT2D eigenvalue weighted by atomic mass is 10.1. The summed E-state index contributed by atoms with van der Waals surface area (Å²) in [5.74, 6) is -0.785. The van der Waals surface area contributed by atoms with Gasteiger partial charge in [0.1, 0.15) is 5.82 Å². The second-order valence-corrected chi connectivity index (χ2v) is 8.07. The first kappa shape index (κ1) is 18.5. The summed E-state index contributed by atoms with van der Waals surface area (Å²) in [6.07, 6.45) is 2.82. The molecule has 1 aliphatic rings. The number of rotatable bonds is 4. The van der Waals surface area contributed by atoms with Crippen LogP contribution < -0.4 is 4.72 Å². The summed E-state index contributed by atoms with van der Waals surface area (Å²) in [6.45, 7) is 2.67. The van der Waals surface area contributed by atoms with Crippen LogP contribution in [0.2, 0.25) is 0 Å². The zero-order valence-corrected chi connectivity index (χ0v) is 15.2. The van der Waals surface area contributed by atoms with Crippen LogP contribution in [0.25, 0.3) is 0 Å². The average Bonchev–Trinajstić information content (AvgIpc) is 2.62. The molecule has 138 valence electrons. The Morgan fingerprint density at radius 3 is 2.81 bits per heavy atom. The van der Waals surface area contributed by atoms with Crippen molar-refractivity contribution >= 4 is 15.9 Å². The van der Waals surface area contributed by atoms with Gasteiger partial charge in [0.15, 0.2) is 0 Å². The average molecular weight is 377 g/mol. The highest BCUT2D eigenvalue weighted by atomic mass is 32.2. The van der Waals surface area contributed by atoms with Gasteiger partial charge in [0.05, 0.1) is 10.5 Å². The number of nitrogens with zero attached hydrogens (tertiary/aromatic N) is 2. The van der Waals surface area contributed by atoms with Crippen LogP contribution in [0.1, 0.15) is 28.9 Å². The Morgan fingerprint density at radius 2 is 2.12 bits per heavy atom. The Kier molecular flexibility index (Phi) is 5.33. The summed E-state index contributed by atoms with van der Waals surface area (Å²) in [6, 6.07) is 7.92. The normalized spacial score (nSPS) is 17.9. The standard InChI is InChI=1S/C18H20FN3O3S/c1-13-7-8-14(11-20-13)18(23)22-9-3-5-16(12-22)21-26(24,25)17-6-2-4-15(19)10-17/h2,4,6-8,10-11,16,21H,3,5,9,12H2,1H3. The van der Waals surface area contributed by atoms with E-state index in [1.54, 1.807) is 17.0 Å². The van der Waals surface area contributed by atoms with Crippen molar-refractivity contribution in [3.8, 4) is 0 Å². The van der Waals surface area contributed by atoms with Crippen LogP contribution in [0.4, 0.5) is 4.39 Å². The Bertz CT molecular complexity index is 900. The predicted octanol–water partition coefficient (Wildman–Crippen LogP) is 2.11. The molecule has 1 atom stereocenters. The van der Waals surface area contributed by atoms with Crippen LogP contribution in [0, 0.1) is 12.7 Å². The Balaban J connectivity index is 1.70. The summed E-state index contributed by atoms with van der Waals surface area (Å²) >= 11 is 0. The summed E-state index contributed by atoms with van der Waals surface area (Å²) in [7, 11) is -3.84. The molecule has 2 heterocycles. The number of piperidine rings is 1. The molecule has 0 saturated carbocycles. The molecule has 1 amide bonds. The minimum Gasteiger partial charge on any atom is -0.337 e. The van der Waals surface area contributed by atoms with Crippen LogP contribution in [-0.4, -0.2) is 43.3 Å². The molecule has 2 aromatic rings. The number of aromatic nitrogens is 1. The number of carbonyl (C=O) groups is 1. The lowest BCUT2D eigenvalue weighted by molar-refractivity contribution is 0.0702. The topological polar surface area (TPSA) is 79.4 Å². The van der Waals surface area contributed by atoms with Crippen LogP contribution >= 0.6 is 0 Å². The van der Waals surface area contributed by atoms with Gasteiger partial charge < -0.3 is 4.90 Å². The number of sulfonamides is 1. The second kappa shape index (κ2) is 7.51. The van der Waals surface area contributed by atoms with E-state index in [0.29, 0.717) is 24.9 Å². The first-order chi connectivity index (χ1) is 12.3. The van der Waals surface area contributed by atoms with Crippen LogP contribution in [0.15, 0.2) is 47.5 Å². The van der Waals surface area contributed by atoms with Gasteiger partial charge in [-0.1, -0.05) is 6.07 Å². The highest BCUT2D eigenvalue weighted by Crippen LogP contribution is 2.17. The number of hydrogen-bond acceptors (Lipinski definition) is 4. The summed E-state index contributed by atoms with van der Waals surface area (Å²) < 4.78 is 40.8. The Morgan fingerprint density at radius 1 is 1.31 bits per heavy atom. The van der Waals surface area contributed by atoms with Crippen molar-refractivity contribution in [1.82, 2.24) is 14.6 Å². The van der Waals surface area contributed by atoms with Crippen LogP contribution in [-0.2, 0) is 10.0 Å². The van der Waals surface area contributed by atoms with E-state index in [-0.39, 0.29) is 17.3 Å². The van der Waals surface area contributed by atoms with E-state index in [4.69, 9.17) is 0 Å². The van der Waals surface area contributed by atoms with Crippen molar-refractivity contribution in [3.05, 3.63) is 59.7 Å². The van der Waals surface area contributed by atoms with E-state index in [0.717, 1.165) is 11.8 Å². The Labute approximate surface area is 152 Å². The predicted molar refractivity (Wildman–Crippen MR) is 94.6 cm³/mol. The molecule has 0 bridgehead atoms. The van der Waals surface area contributed by atoms with Gasteiger partial charge in [0.25, 0.3) is 5.91 Å². The number of pyridine rings is 1. The summed E-state index contributed by atoms with van der Waals surface area (Å²) in [4.78, 5) is 18.2. The molecular weight excluding hydrogens is 357 g/mol. The molecule has 1 aliphatic heterocycles. The van der Waals surface area contributed by atoms with Gasteiger partial charge in [-0.3, -0.25) is 9.78 Å². The summed E-state index contributed by atoms with van der Waals surface area (Å²) in [5, 5.41) is 0. The minimum absolute atomic E-state index is 0.122. The molecule has 0 aliphatic carbocycles. The molecule has 3 rings (SSSR count). The van der Waals surface area contributed by atoms with Gasteiger partial charge in [0, 0.05) is 31.0 Å². The lowest BCUT2D eigenvalue weighted by Crippen LogP contribution is -2.49. The quantitative estimate of drug-likeness (QED) is 0.885. The van der Waals surface area contributed by atoms with Gasteiger partial charge in [0.2, 0.25) is 10.0 Å². The van der Waals surface area contributed by atoms with E-state index in [1.807, 2.05) is 6.92 Å². The highest BCUT2D eigenvalue weighted by Gasteiger charge is 2.28. The van der Waals surface area contributed by atoms with Crippen LogP contribution in [0.3, 0.4) is 0 Å². The van der Waals surface area contributed by atoms with E-state index < -0.39 is 21.9 Å². The van der Waals surface area contributed by atoms with Crippen molar-refractivity contribution in [3.63, 3.8) is 0 Å². The molecule has 26 heavy (non-hydrogen) atoms. The molecule has 1 fully saturated rings. The third kappa shape index (κ3) is 4.25. The van der Waals surface area contributed by atoms with E-state index in [1.165, 1.54) is 24.4 Å². The molecule has 0 radical (unpaired) electrons. The van der Waals surface area contributed by atoms with Gasteiger partial charge >= 0.3 is 0 Å². The zero-order chi connectivity index (χ0) is 18.7. The fourth-order valence-electron chi connectivity index (χ4n) is 2.96. The largest absolute Gasteiger partial charge is 0.337 e. The second-order valence-electron chi connectivity index (χ2n) is 6.36. The van der Waals surface area contributed by atoms with Gasteiger partial charge in [-0.2, -0.15) is 0 Å². The Hall–Kier alpha value is -2.32. The SMILES string of the molecule is Cc1ccc(C(=O)N2CCCC(NS(=O)(=O)c3cccc(F)c3)C2)cn1. The highest BCUT2D eigenvalue weighted by molar-refractivity contribution is 7.89. The van der Waals surface area contributed by atoms with Crippen molar-refractivity contribution in [2.24, 2.45) is 0 Å². The first-order valence-electron chi connectivity index (χ1n) is 8.35. The number of amides is 1. The maximum Gasteiger partial charge on any atom is 0.255 e. The zero-order valence-electron chi connectivity index (χ0n) is 14.4. The monoisotopic (exact) mass is 377 g/mol. The smallest absolute Gasteiger partial charge is 0.255 e. The van der Waals surface area contributed by atoms with Gasteiger partial charge in [-0.15, -0.1) is 0 Å². The lowest BCUT2D eigenvalue weighted by Gasteiger charge is -2.33. The number of benzene rings is 1. The fraction of sp³-hybridized carbons (Fsp3) is 0.333. The number of likely N-dealkylation sites (tertiary alicyclic amines) is 1. The van der Waals surface area contributed by atoms with Gasteiger partial charge in [-0.25, -0.2) is 17.5 Å². The van der Waals surface area contributed by atoms with Crippen molar-refractivity contribution in [1.29, 1.82) is 0 Å². The first-order valence-corrected chi connectivity index (χ1v) is 9.83. The van der Waals surface area contributed by atoms with Crippen LogP contribution in [0.5, 0.6) is 0 Å². The maximum absolute atomic E-state index is 13.3. The molecule has 1 unspecified atom stereocenters. The molecule has 1 aromatic heterocycles. The number of hydrogen-bond donors (Lipinski definition) is 1. The van der Waals surface area contributed by atoms with Gasteiger partial charge in [-0.05, 0) is 50.1 Å². The van der Waals surface area contributed by atoms with E-state index in [9.17, 15) is 17.6 Å². The number of aryl methyl sites for hydroxylation is 1. The third-order valence-electron chi connectivity index (χ3n) is 4.30. The third-order valence-corrected chi connectivity index (χ3v) is 5.81. The number of carbonyl (C=O) groups excluding carboxylic acids is 1. The maximum atomic E-state index is 13.3. The number of nitrogens with one attached hydrogen (secondary N) is 1. The molecular formula is C18H20FN3O3S.